The molecule has 0 aliphatic heterocycles. The van der Waals surface area contributed by atoms with Crippen molar-refractivity contribution in [2.45, 2.75) is 0 Å². The summed E-state index contributed by atoms with van der Waals surface area (Å²) in [5.74, 6) is 0. The summed E-state index contributed by atoms with van der Waals surface area (Å²) in [6, 6.07) is 65.6. The lowest BCUT2D eigenvalue weighted by Gasteiger charge is -2.19. The van der Waals surface area contributed by atoms with Crippen molar-refractivity contribution in [2.24, 2.45) is 0 Å². The maximum absolute atomic E-state index is 6.53. The number of hydrogen-bond acceptors (Lipinski definition) is 2. The highest BCUT2D eigenvalue weighted by molar-refractivity contribution is 7.26. The maximum atomic E-state index is 6.53. The van der Waals surface area contributed by atoms with Crippen LogP contribution < -0.4 is 0 Å². The molecule has 0 aliphatic rings. The van der Waals surface area contributed by atoms with Gasteiger partial charge in [0.2, 0.25) is 0 Å². The monoisotopic (exact) mass is 654 g/mol. The molecule has 10 aromatic rings. The van der Waals surface area contributed by atoms with Gasteiger partial charge in [0, 0.05) is 42.1 Å². The molecule has 50 heavy (non-hydrogen) atoms. The lowest BCUT2D eigenvalue weighted by atomic mass is 9.85. The van der Waals surface area contributed by atoms with Gasteiger partial charge in [-0.1, -0.05) is 170 Å². The molecule has 0 bridgehead atoms. The smallest absolute Gasteiger partial charge is 0.143 e. The Kier molecular flexibility index (Phi) is 6.75. The molecule has 2 aromatic heterocycles. The quantitative estimate of drug-likeness (QED) is 0.180. The van der Waals surface area contributed by atoms with E-state index >= 15 is 0 Å². The third-order valence-corrected chi connectivity index (χ3v) is 11.2. The average Bonchev–Trinajstić information content (AvgIpc) is 3.77. The SMILES string of the molecule is c1ccc(-c2ccccc2-c2cccc3c2oc2ccccc23)c(-c2ccccc2-c2ccccc2-c2cccc3c2sc2ccccc23)c1. The zero-order chi connectivity index (χ0) is 33.0. The lowest BCUT2D eigenvalue weighted by molar-refractivity contribution is 0.670. The van der Waals surface area contributed by atoms with E-state index in [0.717, 1.165) is 33.1 Å². The first-order chi connectivity index (χ1) is 24.8. The van der Waals surface area contributed by atoms with Crippen molar-refractivity contribution in [3.63, 3.8) is 0 Å². The summed E-state index contributed by atoms with van der Waals surface area (Å²) in [5.41, 5.74) is 13.8. The Morgan fingerprint density at radius 2 is 0.660 bits per heavy atom. The first kappa shape index (κ1) is 28.8. The fraction of sp³-hybridized carbons (Fsp3) is 0. The van der Waals surface area contributed by atoms with E-state index in [-0.39, 0.29) is 0 Å². The van der Waals surface area contributed by atoms with Crippen LogP contribution >= 0.6 is 11.3 Å². The van der Waals surface area contributed by atoms with E-state index in [4.69, 9.17) is 4.42 Å². The highest BCUT2D eigenvalue weighted by Gasteiger charge is 2.20. The fourth-order valence-corrected chi connectivity index (χ4v) is 8.96. The van der Waals surface area contributed by atoms with Gasteiger partial charge in [0.1, 0.15) is 11.2 Å². The molecule has 2 heteroatoms. The number of benzene rings is 8. The minimum atomic E-state index is 0.909. The number of rotatable bonds is 5. The molecule has 0 radical (unpaired) electrons. The van der Waals surface area contributed by atoms with E-state index in [1.807, 2.05) is 17.4 Å². The van der Waals surface area contributed by atoms with Crippen LogP contribution in [0.5, 0.6) is 0 Å². The number of furan rings is 1. The second kappa shape index (κ2) is 11.7. The van der Waals surface area contributed by atoms with Crippen LogP contribution in [0.25, 0.3) is 97.7 Å². The van der Waals surface area contributed by atoms with Gasteiger partial charge in [0.25, 0.3) is 0 Å². The molecule has 0 unspecified atom stereocenters. The Labute approximate surface area is 294 Å². The molecular formula is C48H30OS. The zero-order valence-corrected chi connectivity index (χ0v) is 28.0. The van der Waals surface area contributed by atoms with Crippen molar-refractivity contribution in [3.8, 4) is 55.6 Å². The predicted octanol–water partition coefficient (Wildman–Crippen LogP) is 14.3. The molecule has 0 saturated heterocycles. The number of hydrogen-bond donors (Lipinski definition) is 0. The molecule has 0 atom stereocenters. The molecular weight excluding hydrogens is 625 g/mol. The highest BCUT2D eigenvalue weighted by Crippen LogP contribution is 2.47. The first-order valence-electron chi connectivity index (χ1n) is 17.0. The second-order valence-corrected chi connectivity index (χ2v) is 13.8. The molecule has 1 nitrogen and oxygen atoms in total. The van der Waals surface area contributed by atoms with E-state index in [1.54, 1.807) is 0 Å². The van der Waals surface area contributed by atoms with Crippen LogP contribution in [0.3, 0.4) is 0 Å². The van der Waals surface area contributed by atoms with E-state index in [0.29, 0.717) is 0 Å². The van der Waals surface area contributed by atoms with Crippen molar-refractivity contribution in [3.05, 3.63) is 182 Å². The molecule has 10 rings (SSSR count). The molecule has 0 fully saturated rings. The first-order valence-corrected chi connectivity index (χ1v) is 17.8. The van der Waals surface area contributed by atoms with Crippen LogP contribution in [0, 0.1) is 0 Å². The van der Waals surface area contributed by atoms with Gasteiger partial charge < -0.3 is 4.42 Å². The molecule has 2 heterocycles. The van der Waals surface area contributed by atoms with Gasteiger partial charge in [-0.3, -0.25) is 0 Å². The molecule has 0 amide bonds. The number of thiophene rings is 1. The summed E-state index contributed by atoms with van der Waals surface area (Å²) in [7, 11) is 0. The molecule has 0 spiro atoms. The zero-order valence-electron chi connectivity index (χ0n) is 27.1. The number of fused-ring (bicyclic) bond motifs is 6. The summed E-state index contributed by atoms with van der Waals surface area (Å²) < 4.78 is 9.17. The third kappa shape index (κ3) is 4.53. The third-order valence-electron chi connectivity index (χ3n) is 9.97. The van der Waals surface area contributed by atoms with Crippen LogP contribution in [0.1, 0.15) is 0 Å². The van der Waals surface area contributed by atoms with E-state index in [9.17, 15) is 0 Å². The van der Waals surface area contributed by atoms with Crippen LogP contribution in [0.2, 0.25) is 0 Å². The predicted molar refractivity (Wildman–Crippen MR) is 214 cm³/mol. The van der Waals surface area contributed by atoms with E-state index < -0.39 is 0 Å². The Hall–Kier alpha value is -6.22. The fourth-order valence-electron chi connectivity index (χ4n) is 7.73. The topological polar surface area (TPSA) is 13.1 Å². The summed E-state index contributed by atoms with van der Waals surface area (Å²) in [5, 5.41) is 4.91. The van der Waals surface area contributed by atoms with Crippen LogP contribution in [0.15, 0.2) is 186 Å². The van der Waals surface area contributed by atoms with Crippen molar-refractivity contribution in [1.82, 2.24) is 0 Å². The van der Waals surface area contributed by atoms with Gasteiger partial charge >= 0.3 is 0 Å². The van der Waals surface area contributed by atoms with Gasteiger partial charge in [0.05, 0.1) is 0 Å². The van der Waals surface area contributed by atoms with Gasteiger partial charge in [-0.2, -0.15) is 0 Å². The molecule has 0 N–H and O–H groups in total. The number of para-hydroxylation sites is 2. The molecule has 234 valence electrons. The summed E-state index contributed by atoms with van der Waals surface area (Å²) in [6.07, 6.45) is 0. The van der Waals surface area contributed by atoms with Crippen molar-refractivity contribution < 1.29 is 4.42 Å². The van der Waals surface area contributed by atoms with Crippen LogP contribution in [0.4, 0.5) is 0 Å². The molecule has 0 aliphatic carbocycles. The van der Waals surface area contributed by atoms with E-state index in [1.165, 1.54) is 64.7 Å². The van der Waals surface area contributed by atoms with Gasteiger partial charge in [-0.15, -0.1) is 11.3 Å². The second-order valence-electron chi connectivity index (χ2n) is 12.7. The van der Waals surface area contributed by atoms with Gasteiger partial charge in [-0.05, 0) is 56.6 Å². The summed E-state index contributed by atoms with van der Waals surface area (Å²) >= 11 is 1.88. The minimum absolute atomic E-state index is 0.909. The van der Waals surface area contributed by atoms with Gasteiger partial charge in [-0.25, -0.2) is 0 Å². The molecule has 0 saturated carbocycles. The Morgan fingerprint density at radius 1 is 0.280 bits per heavy atom. The van der Waals surface area contributed by atoms with Crippen molar-refractivity contribution in [2.75, 3.05) is 0 Å². The molecule has 8 aromatic carbocycles. The van der Waals surface area contributed by atoms with Crippen LogP contribution in [-0.4, -0.2) is 0 Å². The van der Waals surface area contributed by atoms with Crippen molar-refractivity contribution >= 4 is 53.4 Å². The average molecular weight is 655 g/mol. The summed E-state index contributed by atoms with van der Waals surface area (Å²) in [6.45, 7) is 0. The lowest BCUT2D eigenvalue weighted by Crippen LogP contribution is -1.92. The Bertz CT molecular complexity index is 2690. The van der Waals surface area contributed by atoms with Crippen molar-refractivity contribution in [1.29, 1.82) is 0 Å². The largest absolute Gasteiger partial charge is 0.455 e. The Balaban J connectivity index is 1.17. The minimum Gasteiger partial charge on any atom is -0.455 e. The summed E-state index contributed by atoms with van der Waals surface area (Å²) in [4.78, 5) is 0. The highest BCUT2D eigenvalue weighted by atomic mass is 32.1. The standard InChI is InChI=1S/C48H30OS/c1-3-17-33(35-19-5-7-21-37(35)41-25-13-26-42-39-23-9-11-29-45(39)49-47(41)42)31(15-1)32-16-2-4-18-34(32)36-20-6-8-22-38(36)43-27-14-28-44-40-24-10-12-30-46(40)50-48(43)44/h1-30H. The van der Waals surface area contributed by atoms with Gasteiger partial charge in [0.15, 0.2) is 0 Å². The maximum Gasteiger partial charge on any atom is 0.143 e. The van der Waals surface area contributed by atoms with E-state index in [2.05, 4.69) is 176 Å². The Morgan fingerprint density at radius 3 is 1.24 bits per heavy atom. The normalized spacial score (nSPS) is 11.6. The van der Waals surface area contributed by atoms with Crippen LogP contribution in [-0.2, 0) is 0 Å².